The molecular weight excluding hydrogens is 260 g/mol. The molecule has 3 nitrogen and oxygen atoms in total. The van der Waals surface area contributed by atoms with E-state index in [1.54, 1.807) is 0 Å². The second-order valence-corrected chi connectivity index (χ2v) is 8.85. The van der Waals surface area contributed by atoms with Gasteiger partial charge in [-0.15, -0.1) is 0 Å². The van der Waals surface area contributed by atoms with E-state index in [2.05, 4.69) is 51.8 Å². The molecule has 21 heavy (non-hydrogen) atoms. The van der Waals surface area contributed by atoms with Crippen LogP contribution in [0.1, 0.15) is 80.1 Å². The van der Waals surface area contributed by atoms with Gasteiger partial charge in [0.1, 0.15) is 0 Å². The first-order valence-electron chi connectivity index (χ1n) is 8.73. The summed E-state index contributed by atoms with van der Waals surface area (Å²) in [4.78, 5) is 15.0. The van der Waals surface area contributed by atoms with E-state index >= 15 is 0 Å². The largest absolute Gasteiger partial charge is 0.323 e. The summed E-state index contributed by atoms with van der Waals surface area (Å²) in [7, 11) is 0. The molecule has 1 N–H and O–H groups in total. The summed E-state index contributed by atoms with van der Waals surface area (Å²) in [6.07, 6.45) is 6.97. The van der Waals surface area contributed by atoms with Crippen LogP contribution in [0.3, 0.4) is 0 Å². The molecule has 0 aromatic carbocycles. The second kappa shape index (κ2) is 5.91. The zero-order valence-electron chi connectivity index (χ0n) is 14.8. The third-order valence-electron chi connectivity index (χ3n) is 5.19. The maximum absolute atomic E-state index is 12.8. The molecule has 1 saturated heterocycles. The molecule has 1 aliphatic heterocycles. The van der Waals surface area contributed by atoms with Crippen molar-refractivity contribution in [3.05, 3.63) is 0 Å². The van der Waals surface area contributed by atoms with Crippen LogP contribution in [-0.4, -0.2) is 29.1 Å². The number of unbranched alkanes of at least 4 members (excludes halogenated alkanes) is 1. The Balaban J connectivity index is 2.11. The quantitative estimate of drug-likeness (QED) is 0.852. The predicted molar refractivity (Wildman–Crippen MR) is 88.0 cm³/mol. The maximum atomic E-state index is 12.8. The van der Waals surface area contributed by atoms with Crippen molar-refractivity contribution in [1.29, 1.82) is 0 Å². The Hall–Kier alpha value is -0.570. The molecule has 2 unspecified atom stereocenters. The minimum Gasteiger partial charge on any atom is -0.323 e. The van der Waals surface area contributed by atoms with E-state index in [1.165, 1.54) is 6.42 Å². The molecule has 2 aliphatic rings. The van der Waals surface area contributed by atoms with Crippen LogP contribution >= 0.6 is 0 Å². The van der Waals surface area contributed by atoms with Crippen LogP contribution in [0.4, 0.5) is 0 Å². The lowest BCUT2D eigenvalue weighted by atomic mass is 9.63. The number of hydrogen-bond acceptors (Lipinski definition) is 2. The van der Waals surface area contributed by atoms with Gasteiger partial charge in [0.2, 0.25) is 5.91 Å². The first-order chi connectivity index (χ1) is 9.65. The van der Waals surface area contributed by atoms with Crippen molar-refractivity contribution >= 4 is 5.91 Å². The van der Waals surface area contributed by atoms with Crippen molar-refractivity contribution in [2.24, 2.45) is 10.8 Å². The Morgan fingerprint density at radius 1 is 1.19 bits per heavy atom. The summed E-state index contributed by atoms with van der Waals surface area (Å²) in [5.41, 5.74) is 0.655. The second-order valence-electron chi connectivity index (χ2n) is 8.85. The molecule has 0 aromatic heterocycles. The van der Waals surface area contributed by atoms with E-state index in [9.17, 15) is 4.79 Å². The number of nitrogens with zero attached hydrogens (tertiary/aromatic N) is 1. The van der Waals surface area contributed by atoms with Crippen molar-refractivity contribution in [3.63, 3.8) is 0 Å². The van der Waals surface area contributed by atoms with Crippen LogP contribution in [0, 0.1) is 10.8 Å². The lowest BCUT2D eigenvalue weighted by Gasteiger charge is -2.48. The lowest BCUT2D eigenvalue weighted by Crippen LogP contribution is -2.50. The van der Waals surface area contributed by atoms with Crippen LogP contribution < -0.4 is 5.32 Å². The molecule has 0 spiro atoms. The molecule has 2 fully saturated rings. The smallest absolute Gasteiger partial charge is 0.241 e. The Labute approximate surface area is 130 Å². The molecule has 1 saturated carbocycles. The van der Waals surface area contributed by atoms with Gasteiger partial charge in [0.15, 0.2) is 0 Å². The minimum atomic E-state index is 0.0492. The number of nitrogens with one attached hydrogen (secondary N) is 1. The molecule has 0 aromatic rings. The molecule has 3 heteroatoms. The molecular formula is C18H34N2O. The van der Waals surface area contributed by atoms with E-state index in [1.807, 2.05) is 0 Å². The SMILES string of the molecule is CCCCC1NC(C)N(C2CC(C)(C)CC(C)(C)C2)C1=O. The van der Waals surface area contributed by atoms with Crippen LogP contribution in [0.2, 0.25) is 0 Å². The fourth-order valence-electron chi connectivity index (χ4n) is 4.91. The number of carbonyl (C=O) groups excluding carboxylic acids is 1. The van der Waals surface area contributed by atoms with Crippen molar-refractivity contribution in [2.45, 2.75) is 98.3 Å². The van der Waals surface area contributed by atoms with Gasteiger partial charge in [-0.3, -0.25) is 10.1 Å². The number of amides is 1. The highest BCUT2D eigenvalue weighted by molar-refractivity contribution is 5.84. The van der Waals surface area contributed by atoms with Gasteiger partial charge in [-0.05, 0) is 43.4 Å². The topological polar surface area (TPSA) is 32.3 Å². The van der Waals surface area contributed by atoms with Crippen molar-refractivity contribution in [1.82, 2.24) is 10.2 Å². The minimum absolute atomic E-state index is 0.0492. The maximum Gasteiger partial charge on any atom is 0.241 e. The zero-order valence-corrected chi connectivity index (χ0v) is 14.8. The summed E-state index contributed by atoms with van der Waals surface area (Å²) in [5, 5.41) is 3.52. The Morgan fingerprint density at radius 2 is 1.76 bits per heavy atom. The Morgan fingerprint density at radius 3 is 2.29 bits per heavy atom. The fraction of sp³-hybridized carbons (Fsp3) is 0.944. The first-order valence-corrected chi connectivity index (χ1v) is 8.73. The molecule has 2 rings (SSSR count). The van der Waals surface area contributed by atoms with Gasteiger partial charge in [0.05, 0.1) is 12.2 Å². The molecule has 0 radical (unpaired) electrons. The van der Waals surface area contributed by atoms with Crippen LogP contribution in [0.25, 0.3) is 0 Å². The molecule has 2 atom stereocenters. The summed E-state index contributed by atoms with van der Waals surface area (Å²) in [6.45, 7) is 13.8. The van der Waals surface area contributed by atoms with Gasteiger partial charge in [-0.1, -0.05) is 47.5 Å². The van der Waals surface area contributed by atoms with Crippen molar-refractivity contribution in [3.8, 4) is 0 Å². The molecule has 0 bridgehead atoms. The normalized spacial score (nSPS) is 32.7. The summed E-state index contributed by atoms with van der Waals surface area (Å²) >= 11 is 0. The third kappa shape index (κ3) is 3.80. The molecule has 1 amide bonds. The van der Waals surface area contributed by atoms with Crippen LogP contribution in [-0.2, 0) is 4.79 Å². The van der Waals surface area contributed by atoms with Gasteiger partial charge in [0, 0.05) is 6.04 Å². The van der Waals surface area contributed by atoms with Crippen molar-refractivity contribution in [2.75, 3.05) is 0 Å². The average Bonchev–Trinajstić information content (AvgIpc) is 2.57. The third-order valence-corrected chi connectivity index (χ3v) is 5.19. The fourth-order valence-corrected chi connectivity index (χ4v) is 4.91. The van der Waals surface area contributed by atoms with Crippen molar-refractivity contribution < 1.29 is 4.79 Å². The van der Waals surface area contributed by atoms with Gasteiger partial charge >= 0.3 is 0 Å². The Kier molecular flexibility index (Phi) is 4.72. The standard InChI is InChI=1S/C18H34N2O/c1-7-8-9-15-16(21)20(13(2)19-15)14-10-17(3,4)12-18(5,6)11-14/h13-15,19H,7-12H2,1-6H3. The van der Waals surface area contributed by atoms with E-state index < -0.39 is 0 Å². The average molecular weight is 294 g/mol. The van der Waals surface area contributed by atoms with Gasteiger partial charge < -0.3 is 4.90 Å². The summed E-state index contributed by atoms with van der Waals surface area (Å²) in [5.74, 6) is 0.342. The highest BCUT2D eigenvalue weighted by Gasteiger charge is 2.46. The van der Waals surface area contributed by atoms with E-state index in [0.717, 1.165) is 32.1 Å². The van der Waals surface area contributed by atoms with E-state index in [0.29, 0.717) is 22.8 Å². The predicted octanol–water partition coefficient (Wildman–Crippen LogP) is 3.93. The van der Waals surface area contributed by atoms with Crippen LogP contribution in [0.5, 0.6) is 0 Å². The molecule has 122 valence electrons. The number of hydrogen-bond donors (Lipinski definition) is 1. The van der Waals surface area contributed by atoms with E-state index in [-0.39, 0.29) is 12.2 Å². The molecule has 1 heterocycles. The lowest BCUT2D eigenvalue weighted by molar-refractivity contribution is -0.134. The van der Waals surface area contributed by atoms with Gasteiger partial charge in [0.25, 0.3) is 0 Å². The summed E-state index contributed by atoms with van der Waals surface area (Å²) in [6, 6.07) is 0.443. The molecule has 1 aliphatic carbocycles. The Bertz CT molecular complexity index is 373. The van der Waals surface area contributed by atoms with Crippen LogP contribution in [0.15, 0.2) is 0 Å². The monoisotopic (exact) mass is 294 g/mol. The number of rotatable bonds is 4. The van der Waals surface area contributed by atoms with E-state index in [4.69, 9.17) is 0 Å². The zero-order chi connectivity index (χ0) is 15.8. The highest BCUT2D eigenvalue weighted by atomic mass is 16.2. The number of carbonyl (C=O) groups is 1. The summed E-state index contributed by atoms with van der Waals surface area (Å²) < 4.78 is 0. The highest BCUT2D eigenvalue weighted by Crippen LogP contribution is 2.47. The first kappa shape index (κ1) is 16.8. The van der Waals surface area contributed by atoms with Gasteiger partial charge in [-0.2, -0.15) is 0 Å². The van der Waals surface area contributed by atoms with Gasteiger partial charge in [-0.25, -0.2) is 0 Å².